The monoisotopic (exact) mass is 360 g/mol. The van der Waals surface area contributed by atoms with Crippen LogP contribution in [0.2, 0.25) is 5.02 Å². The molecule has 2 N–H and O–H groups in total. The Balaban J connectivity index is 1.98. The lowest BCUT2D eigenvalue weighted by Crippen LogP contribution is -2.36. The lowest BCUT2D eigenvalue weighted by atomic mass is 10.1. The molecule has 25 heavy (non-hydrogen) atoms. The minimum absolute atomic E-state index is 0.0846. The number of anilines is 2. The Morgan fingerprint density at radius 2 is 1.76 bits per heavy atom. The van der Waals surface area contributed by atoms with E-state index in [0.717, 1.165) is 11.3 Å². The molecular formula is C19H25ClN4O. The largest absolute Gasteiger partial charge is 0.378 e. The fourth-order valence-electron chi connectivity index (χ4n) is 2.52. The highest BCUT2D eigenvalue weighted by molar-refractivity contribution is 6.30. The molecule has 5 nitrogen and oxygen atoms in total. The maximum absolute atomic E-state index is 12.1. The van der Waals surface area contributed by atoms with E-state index in [-0.39, 0.29) is 12.1 Å². The van der Waals surface area contributed by atoms with Crippen LogP contribution in [-0.2, 0) is 0 Å². The Hall–Kier alpha value is -2.24. The summed E-state index contributed by atoms with van der Waals surface area (Å²) in [6.45, 7) is 0.501. The standard InChI is InChI=1S/C19H25ClN4O/c1-23(2)17-10-8-14(9-11-17)18(24(3)4)13-21-19(25)22-16-7-5-6-15(20)12-16/h5-12,18H,13H2,1-4H3,(H2,21,22,25). The number of urea groups is 1. The molecular weight excluding hydrogens is 336 g/mol. The van der Waals surface area contributed by atoms with Gasteiger partial charge >= 0.3 is 6.03 Å². The summed E-state index contributed by atoms with van der Waals surface area (Å²) in [4.78, 5) is 16.3. The van der Waals surface area contributed by atoms with Crippen molar-refractivity contribution in [3.63, 3.8) is 0 Å². The SMILES string of the molecule is CN(C)c1ccc(C(CNC(=O)Nc2cccc(Cl)c2)N(C)C)cc1. The highest BCUT2D eigenvalue weighted by atomic mass is 35.5. The third-order valence-corrected chi connectivity index (χ3v) is 4.19. The molecule has 0 spiro atoms. The maximum atomic E-state index is 12.1. The quantitative estimate of drug-likeness (QED) is 0.823. The van der Waals surface area contributed by atoms with Crippen LogP contribution in [0.15, 0.2) is 48.5 Å². The molecule has 0 saturated carbocycles. The van der Waals surface area contributed by atoms with Gasteiger partial charge in [0.1, 0.15) is 0 Å². The van der Waals surface area contributed by atoms with Gasteiger partial charge in [0.25, 0.3) is 0 Å². The van der Waals surface area contributed by atoms with Gasteiger partial charge in [0.15, 0.2) is 0 Å². The van der Waals surface area contributed by atoms with E-state index in [1.54, 1.807) is 24.3 Å². The lowest BCUT2D eigenvalue weighted by molar-refractivity contribution is 0.243. The van der Waals surface area contributed by atoms with Crippen molar-refractivity contribution in [3.05, 3.63) is 59.1 Å². The number of carbonyl (C=O) groups is 1. The summed E-state index contributed by atoms with van der Waals surface area (Å²) in [7, 11) is 8.03. The fraction of sp³-hybridized carbons (Fsp3) is 0.316. The van der Waals surface area contributed by atoms with Crippen molar-refractivity contribution >= 4 is 29.0 Å². The number of rotatable bonds is 6. The van der Waals surface area contributed by atoms with Crippen LogP contribution < -0.4 is 15.5 Å². The molecule has 0 bridgehead atoms. The molecule has 0 fully saturated rings. The third kappa shape index (κ3) is 5.66. The number of hydrogen-bond donors (Lipinski definition) is 2. The van der Waals surface area contributed by atoms with E-state index < -0.39 is 0 Å². The first kappa shape index (κ1) is 19.1. The molecule has 1 atom stereocenters. The number of carbonyl (C=O) groups excluding carboxylic acids is 1. The molecule has 6 heteroatoms. The first-order valence-electron chi connectivity index (χ1n) is 8.11. The van der Waals surface area contributed by atoms with Crippen LogP contribution in [0.25, 0.3) is 0 Å². The summed E-state index contributed by atoms with van der Waals surface area (Å²) < 4.78 is 0. The first-order chi connectivity index (χ1) is 11.9. The van der Waals surface area contributed by atoms with Gasteiger partial charge in [0.2, 0.25) is 0 Å². The van der Waals surface area contributed by atoms with Gasteiger partial charge in [-0.25, -0.2) is 4.79 Å². The predicted octanol–water partition coefficient (Wildman–Crippen LogP) is 3.83. The number of nitrogens with one attached hydrogen (secondary N) is 2. The van der Waals surface area contributed by atoms with Crippen molar-refractivity contribution in [2.75, 3.05) is 45.0 Å². The summed E-state index contributed by atoms with van der Waals surface area (Å²) >= 11 is 5.93. The van der Waals surface area contributed by atoms with E-state index >= 15 is 0 Å². The Kier molecular flexibility index (Phi) is 6.67. The van der Waals surface area contributed by atoms with Gasteiger partial charge < -0.3 is 20.4 Å². The molecule has 2 rings (SSSR count). The molecule has 2 amide bonds. The molecule has 0 aliphatic heterocycles. The van der Waals surface area contributed by atoms with E-state index in [9.17, 15) is 4.79 Å². The fourth-order valence-corrected chi connectivity index (χ4v) is 2.71. The van der Waals surface area contributed by atoms with Gasteiger partial charge in [0.05, 0.1) is 6.04 Å². The van der Waals surface area contributed by atoms with Crippen LogP contribution in [0.4, 0.5) is 16.2 Å². The molecule has 2 aromatic rings. The Morgan fingerprint density at radius 1 is 1.08 bits per heavy atom. The molecule has 0 radical (unpaired) electrons. The average Bonchev–Trinajstić information content (AvgIpc) is 2.55. The zero-order valence-electron chi connectivity index (χ0n) is 15.1. The van der Waals surface area contributed by atoms with E-state index in [1.165, 1.54) is 0 Å². The van der Waals surface area contributed by atoms with Crippen LogP contribution in [0.3, 0.4) is 0 Å². The minimum atomic E-state index is -0.251. The number of hydrogen-bond acceptors (Lipinski definition) is 3. The molecule has 0 saturated heterocycles. The average molecular weight is 361 g/mol. The second-order valence-electron chi connectivity index (χ2n) is 6.31. The van der Waals surface area contributed by atoms with Crippen molar-refractivity contribution in [1.82, 2.24) is 10.2 Å². The second-order valence-corrected chi connectivity index (χ2v) is 6.75. The van der Waals surface area contributed by atoms with Crippen LogP contribution in [0.1, 0.15) is 11.6 Å². The second kappa shape index (κ2) is 8.74. The Morgan fingerprint density at radius 3 is 2.32 bits per heavy atom. The van der Waals surface area contributed by atoms with Crippen molar-refractivity contribution in [2.24, 2.45) is 0 Å². The van der Waals surface area contributed by atoms with Gasteiger partial charge in [-0.3, -0.25) is 0 Å². The van der Waals surface area contributed by atoms with Gasteiger partial charge in [-0.1, -0.05) is 29.8 Å². The smallest absolute Gasteiger partial charge is 0.319 e. The van der Waals surface area contributed by atoms with Crippen LogP contribution in [-0.4, -0.2) is 45.7 Å². The van der Waals surface area contributed by atoms with Crippen molar-refractivity contribution < 1.29 is 4.79 Å². The zero-order chi connectivity index (χ0) is 18.4. The number of nitrogens with zero attached hydrogens (tertiary/aromatic N) is 2. The topological polar surface area (TPSA) is 47.6 Å². The highest BCUT2D eigenvalue weighted by Gasteiger charge is 2.15. The van der Waals surface area contributed by atoms with E-state index in [4.69, 9.17) is 11.6 Å². The van der Waals surface area contributed by atoms with Gasteiger partial charge in [-0.2, -0.15) is 0 Å². The Labute approximate surface area is 154 Å². The first-order valence-corrected chi connectivity index (χ1v) is 8.48. The molecule has 2 aromatic carbocycles. The molecule has 134 valence electrons. The summed E-state index contributed by atoms with van der Waals surface area (Å²) in [5.74, 6) is 0. The van der Waals surface area contributed by atoms with Crippen LogP contribution in [0.5, 0.6) is 0 Å². The maximum Gasteiger partial charge on any atom is 0.319 e. The predicted molar refractivity (Wildman–Crippen MR) is 106 cm³/mol. The van der Waals surface area contributed by atoms with Crippen LogP contribution in [0, 0.1) is 0 Å². The van der Waals surface area contributed by atoms with E-state index in [0.29, 0.717) is 17.3 Å². The molecule has 0 aliphatic rings. The number of halogens is 1. The van der Waals surface area contributed by atoms with Crippen LogP contribution >= 0.6 is 11.6 Å². The van der Waals surface area contributed by atoms with Gasteiger partial charge in [-0.15, -0.1) is 0 Å². The summed E-state index contributed by atoms with van der Waals surface area (Å²) in [6, 6.07) is 15.3. The highest BCUT2D eigenvalue weighted by Crippen LogP contribution is 2.21. The lowest BCUT2D eigenvalue weighted by Gasteiger charge is -2.26. The molecule has 0 heterocycles. The molecule has 1 unspecified atom stereocenters. The summed E-state index contributed by atoms with van der Waals surface area (Å²) in [6.07, 6.45) is 0. The zero-order valence-corrected chi connectivity index (χ0v) is 15.8. The summed E-state index contributed by atoms with van der Waals surface area (Å²) in [5.41, 5.74) is 2.97. The van der Waals surface area contributed by atoms with Crippen molar-refractivity contribution in [3.8, 4) is 0 Å². The van der Waals surface area contributed by atoms with Crippen molar-refractivity contribution in [1.29, 1.82) is 0 Å². The Bertz CT molecular complexity index is 701. The normalized spacial score (nSPS) is 11.9. The van der Waals surface area contributed by atoms with E-state index in [2.05, 4.69) is 44.7 Å². The number of amides is 2. The molecule has 0 aromatic heterocycles. The van der Waals surface area contributed by atoms with E-state index in [1.807, 2.05) is 28.2 Å². The molecule has 0 aliphatic carbocycles. The minimum Gasteiger partial charge on any atom is -0.378 e. The third-order valence-electron chi connectivity index (χ3n) is 3.96. The van der Waals surface area contributed by atoms with Gasteiger partial charge in [-0.05, 0) is 50.0 Å². The number of likely N-dealkylation sites (N-methyl/N-ethyl adjacent to an activating group) is 1. The summed E-state index contributed by atoms with van der Waals surface area (Å²) in [5, 5.41) is 6.30. The number of benzene rings is 2. The van der Waals surface area contributed by atoms with Crippen molar-refractivity contribution in [2.45, 2.75) is 6.04 Å². The van der Waals surface area contributed by atoms with Gasteiger partial charge in [0, 0.05) is 37.0 Å².